The van der Waals surface area contributed by atoms with Gasteiger partial charge in [0.25, 0.3) is 0 Å². The standard InChI is InChI=1S/C14H29N3O/c1-18-11-13(3-2-7-15)16-9-12-6-8-17(10-12)14-4-5-14/h12-14,16H,2-11,15H2,1H3. The fourth-order valence-electron chi connectivity index (χ4n) is 2.94. The molecule has 4 heteroatoms. The molecule has 4 nitrogen and oxygen atoms in total. The van der Waals surface area contributed by atoms with Crippen molar-refractivity contribution >= 4 is 0 Å². The fourth-order valence-corrected chi connectivity index (χ4v) is 2.94. The number of hydrogen-bond donors (Lipinski definition) is 2. The molecule has 1 aliphatic carbocycles. The van der Waals surface area contributed by atoms with E-state index < -0.39 is 0 Å². The van der Waals surface area contributed by atoms with E-state index in [0.29, 0.717) is 6.04 Å². The van der Waals surface area contributed by atoms with E-state index in [4.69, 9.17) is 10.5 Å². The summed E-state index contributed by atoms with van der Waals surface area (Å²) in [7, 11) is 1.78. The Morgan fingerprint density at radius 3 is 2.89 bits per heavy atom. The third-order valence-corrected chi connectivity index (χ3v) is 4.20. The molecule has 1 saturated carbocycles. The highest BCUT2D eigenvalue weighted by atomic mass is 16.5. The summed E-state index contributed by atoms with van der Waals surface area (Å²) in [6.45, 7) is 5.34. The van der Waals surface area contributed by atoms with Gasteiger partial charge in [-0.1, -0.05) is 0 Å². The Kier molecular flexibility index (Phi) is 5.89. The van der Waals surface area contributed by atoms with E-state index in [0.717, 1.165) is 44.5 Å². The number of nitrogens with two attached hydrogens (primary N) is 1. The molecular formula is C14H29N3O. The fraction of sp³-hybridized carbons (Fsp3) is 1.00. The van der Waals surface area contributed by atoms with Gasteiger partial charge in [-0.3, -0.25) is 0 Å². The van der Waals surface area contributed by atoms with E-state index in [1.807, 2.05) is 0 Å². The molecule has 0 aromatic heterocycles. The third-order valence-electron chi connectivity index (χ3n) is 4.20. The van der Waals surface area contributed by atoms with Crippen molar-refractivity contribution in [1.29, 1.82) is 0 Å². The summed E-state index contributed by atoms with van der Waals surface area (Å²) in [6.07, 6.45) is 6.44. The van der Waals surface area contributed by atoms with Gasteiger partial charge in [-0.2, -0.15) is 0 Å². The minimum Gasteiger partial charge on any atom is -0.383 e. The predicted molar refractivity (Wildman–Crippen MR) is 74.7 cm³/mol. The van der Waals surface area contributed by atoms with Crippen LogP contribution in [0.25, 0.3) is 0 Å². The highest BCUT2D eigenvalue weighted by molar-refractivity contribution is 4.90. The number of nitrogens with zero attached hydrogens (tertiary/aromatic N) is 1. The maximum absolute atomic E-state index is 5.57. The van der Waals surface area contributed by atoms with Gasteiger partial charge < -0.3 is 20.7 Å². The molecule has 0 aromatic carbocycles. The van der Waals surface area contributed by atoms with Crippen LogP contribution in [0.5, 0.6) is 0 Å². The summed E-state index contributed by atoms with van der Waals surface area (Å²) in [4.78, 5) is 2.68. The van der Waals surface area contributed by atoms with Gasteiger partial charge in [0.05, 0.1) is 6.61 Å². The first-order valence-electron chi connectivity index (χ1n) is 7.50. The van der Waals surface area contributed by atoms with Gasteiger partial charge in [0, 0.05) is 25.7 Å². The highest BCUT2D eigenvalue weighted by Gasteiger charge is 2.34. The minimum absolute atomic E-state index is 0.480. The topological polar surface area (TPSA) is 50.5 Å². The Labute approximate surface area is 111 Å². The molecule has 1 aliphatic heterocycles. The summed E-state index contributed by atoms with van der Waals surface area (Å²) >= 11 is 0. The van der Waals surface area contributed by atoms with Crippen LogP contribution in [0.4, 0.5) is 0 Å². The molecule has 2 aliphatic rings. The zero-order valence-corrected chi connectivity index (χ0v) is 11.7. The van der Waals surface area contributed by atoms with Crippen molar-refractivity contribution in [2.24, 2.45) is 11.7 Å². The van der Waals surface area contributed by atoms with E-state index >= 15 is 0 Å². The third kappa shape index (κ3) is 4.50. The molecule has 18 heavy (non-hydrogen) atoms. The second-order valence-corrected chi connectivity index (χ2v) is 5.87. The molecule has 1 saturated heterocycles. The maximum atomic E-state index is 5.57. The molecule has 2 unspecified atom stereocenters. The predicted octanol–water partition coefficient (Wildman–Crippen LogP) is 0.814. The summed E-state index contributed by atoms with van der Waals surface area (Å²) < 4.78 is 5.27. The van der Waals surface area contributed by atoms with Crippen LogP contribution in [0.3, 0.4) is 0 Å². The van der Waals surface area contributed by atoms with Crippen molar-refractivity contribution in [2.75, 3.05) is 39.9 Å². The van der Waals surface area contributed by atoms with Crippen molar-refractivity contribution in [3.8, 4) is 0 Å². The molecule has 0 bridgehead atoms. The first kappa shape index (κ1) is 14.3. The van der Waals surface area contributed by atoms with Crippen molar-refractivity contribution in [1.82, 2.24) is 10.2 Å². The second kappa shape index (κ2) is 7.43. The quantitative estimate of drug-likeness (QED) is 0.640. The van der Waals surface area contributed by atoms with Crippen LogP contribution in [0.2, 0.25) is 0 Å². The van der Waals surface area contributed by atoms with Crippen molar-refractivity contribution < 1.29 is 4.74 Å². The van der Waals surface area contributed by atoms with Crippen LogP contribution in [0.15, 0.2) is 0 Å². The van der Waals surface area contributed by atoms with Crippen LogP contribution in [0.1, 0.15) is 32.1 Å². The zero-order chi connectivity index (χ0) is 12.8. The average molecular weight is 255 g/mol. The molecule has 0 aromatic rings. The lowest BCUT2D eigenvalue weighted by molar-refractivity contribution is 0.159. The Balaban J connectivity index is 1.62. The van der Waals surface area contributed by atoms with Crippen molar-refractivity contribution in [3.05, 3.63) is 0 Å². The number of nitrogens with one attached hydrogen (secondary N) is 1. The zero-order valence-electron chi connectivity index (χ0n) is 11.7. The van der Waals surface area contributed by atoms with Gasteiger partial charge in [0.2, 0.25) is 0 Å². The van der Waals surface area contributed by atoms with Crippen molar-refractivity contribution in [2.45, 2.75) is 44.2 Å². The Bertz CT molecular complexity index is 233. The first-order valence-corrected chi connectivity index (χ1v) is 7.50. The van der Waals surface area contributed by atoms with Crippen molar-refractivity contribution in [3.63, 3.8) is 0 Å². The van der Waals surface area contributed by atoms with E-state index in [1.54, 1.807) is 7.11 Å². The van der Waals surface area contributed by atoms with Gasteiger partial charge in [-0.25, -0.2) is 0 Å². The highest BCUT2D eigenvalue weighted by Crippen LogP contribution is 2.31. The summed E-state index contributed by atoms with van der Waals surface area (Å²) in [6, 6.07) is 1.41. The molecule has 0 radical (unpaired) electrons. The van der Waals surface area contributed by atoms with Gasteiger partial charge in [0.1, 0.15) is 0 Å². The lowest BCUT2D eigenvalue weighted by Crippen LogP contribution is -2.37. The molecule has 3 N–H and O–H groups in total. The number of ether oxygens (including phenoxy) is 1. The number of likely N-dealkylation sites (tertiary alicyclic amines) is 1. The monoisotopic (exact) mass is 255 g/mol. The number of hydrogen-bond acceptors (Lipinski definition) is 4. The second-order valence-electron chi connectivity index (χ2n) is 5.87. The normalized spacial score (nSPS) is 26.7. The van der Waals surface area contributed by atoms with Crippen LogP contribution >= 0.6 is 0 Å². The van der Waals surface area contributed by atoms with E-state index in [9.17, 15) is 0 Å². The van der Waals surface area contributed by atoms with E-state index in [2.05, 4.69) is 10.2 Å². The Morgan fingerprint density at radius 1 is 1.39 bits per heavy atom. The van der Waals surface area contributed by atoms with Gasteiger partial charge in [0.15, 0.2) is 0 Å². The maximum Gasteiger partial charge on any atom is 0.0615 e. The van der Waals surface area contributed by atoms with E-state index in [-0.39, 0.29) is 0 Å². The van der Waals surface area contributed by atoms with E-state index in [1.165, 1.54) is 32.4 Å². The molecule has 2 rings (SSSR count). The van der Waals surface area contributed by atoms with Crippen LogP contribution in [-0.2, 0) is 4.74 Å². The van der Waals surface area contributed by atoms with Crippen LogP contribution < -0.4 is 11.1 Å². The molecule has 1 heterocycles. The Morgan fingerprint density at radius 2 is 2.22 bits per heavy atom. The van der Waals surface area contributed by atoms with Crippen LogP contribution in [-0.4, -0.2) is 56.9 Å². The molecule has 2 fully saturated rings. The average Bonchev–Trinajstić information content (AvgIpc) is 3.12. The smallest absolute Gasteiger partial charge is 0.0615 e. The largest absolute Gasteiger partial charge is 0.383 e. The lowest BCUT2D eigenvalue weighted by atomic mass is 10.1. The van der Waals surface area contributed by atoms with Crippen LogP contribution in [0, 0.1) is 5.92 Å². The van der Waals surface area contributed by atoms with Gasteiger partial charge >= 0.3 is 0 Å². The molecule has 0 spiro atoms. The summed E-state index contributed by atoms with van der Waals surface area (Å²) in [5, 5.41) is 3.67. The number of rotatable bonds is 9. The minimum atomic E-state index is 0.480. The van der Waals surface area contributed by atoms with Gasteiger partial charge in [-0.15, -0.1) is 0 Å². The van der Waals surface area contributed by atoms with Gasteiger partial charge in [-0.05, 0) is 57.7 Å². The SMILES string of the molecule is COCC(CCCN)NCC1CCN(C2CC2)C1. The molecule has 106 valence electrons. The molecule has 0 amide bonds. The number of methoxy groups -OCH3 is 1. The summed E-state index contributed by atoms with van der Waals surface area (Å²) in [5.74, 6) is 0.836. The molecular weight excluding hydrogens is 226 g/mol. The Hall–Kier alpha value is -0.160. The first-order chi connectivity index (χ1) is 8.83. The summed E-state index contributed by atoms with van der Waals surface area (Å²) in [5.41, 5.74) is 5.57. The lowest BCUT2D eigenvalue weighted by Gasteiger charge is -2.20. The molecule has 2 atom stereocenters.